The first-order valence-corrected chi connectivity index (χ1v) is 9.79. The van der Waals surface area contributed by atoms with Gasteiger partial charge in [0.15, 0.2) is 0 Å². The van der Waals surface area contributed by atoms with E-state index in [-0.39, 0.29) is 29.8 Å². The lowest BCUT2D eigenvalue weighted by molar-refractivity contribution is -0.162. The highest BCUT2D eigenvalue weighted by molar-refractivity contribution is 6.30. The third-order valence-corrected chi connectivity index (χ3v) is 5.58. The van der Waals surface area contributed by atoms with Gasteiger partial charge in [0, 0.05) is 10.9 Å². The molecule has 1 saturated heterocycles. The maximum atomic E-state index is 13.3. The molecule has 1 aliphatic carbocycles. The first-order valence-electron chi connectivity index (χ1n) is 9.42. The fourth-order valence-corrected chi connectivity index (χ4v) is 4.05. The van der Waals surface area contributed by atoms with Gasteiger partial charge in [-0.3, -0.25) is 4.79 Å². The Balaban J connectivity index is 1.96. The van der Waals surface area contributed by atoms with Gasteiger partial charge in [0.1, 0.15) is 6.04 Å². The maximum absolute atomic E-state index is 13.3. The minimum atomic E-state index is -0.490. The van der Waals surface area contributed by atoms with Crippen molar-refractivity contribution in [3.63, 3.8) is 0 Å². The monoisotopic (exact) mass is 375 g/mol. The van der Waals surface area contributed by atoms with E-state index >= 15 is 0 Å². The summed E-state index contributed by atoms with van der Waals surface area (Å²) in [6.07, 6.45) is 5.99. The molecule has 1 aromatic rings. The molecule has 0 radical (unpaired) electrons. The molecule has 26 heavy (non-hydrogen) atoms. The molecule has 1 amide bonds. The summed E-state index contributed by atoms with van der Waals surface area (Å²) >= 11 is 6.03. The van der Waals surface area contributed by atoms with Gasteiger partial charge in [-0.1, -0.05) is 29.8 Å². The van der Waals surface area contributed by atoms with Crippen LogP contribution in [0.2, 0.25) is 5.02 Å². The van der Waals surface area contributed by atoms with E-state index in [2.05, 4.69) is 6.58 Å². The molecule has 140 valence electrons. The molecule has 4 nitrogen and oxygen atoms in total. The smallest absolute Gasteiger partial charge is 0.329 e. The summed E-state index contributed by atoms with van der Waals surface area (Å²) in [5.74, 6) is -0.135. The van der Waals surface area contributed by atoms with Crippen LogP contribution in [0.25, 0.3) is 0 Å². The minimum Gasteiger partial charge on any atom is -0.464 e. The van der Waals surface area contributed by atoms with Crippen molar-refractivity contribution in [2.75, 3.05) is 6.61 Å². The highest BCUT2D eigenvalue weighted by atomic mass is 35.5. The Kier molecular flexibility index (Phi) is 6.02. The zero-order valence-electron chi connectivity index (χ0n) is 15.2. The first kappa shape index (κ1) is 19.0. The van der Waals surface area contributed by atoms with Gasteiger partial charge in [-0.15, -0.1) is 6.58 Å². The molecule has 3 rings (SSSR count). The zero-order valence-corrected chi connectivity index (χ0v) is 16.0. The molecule has 0 spiro atoms. The molecule has 1 unspecified atom stereocenters. The van der Waals surface area contributed by atoms with Crippen molar-refractivity contribution in [2.45, 2.75) is 51.1 Å². The summed E-state index contributed by atoms with van der Waals surface area (Å²) < 4.78 is 5.33. The number of allylic oxidation sites excluding steroid dienone is 1. The third-order valence-electron chi connectivity index (χ3n) is 5.33. The Bertz CT molecular complexity index is 668. The number of nitrogens with zero attached hydrogens (tertiary/aromatic N) is 1. The lowest BCUT2D eigenvalue weighted by atomic mass is 9.84. The summed E-state index contributed by atoms with van der Waals surface area (Å²) in [7, 11) is 0. The Morgan fingerprint density at radius 2 is 2.00 bits per heavy atom. The number of esters is 1. The number of carbonyl (C=O) groups excluding carboxylic acids is 2. The van der Waals surface area contributed by atoms with Gasteiger partial charge in [0.25, 0.3) is 0 Å². The molecule has 1 aliphatic heterocycles. The Labute approximate surface area is 160 Å². The molecule has 5 heteroatoms. The van der Waals surface area contributed by atoms with Crippen LogP contribution in [0.1, 0.15) is 50.6 Å². The standard InChI is InChI=1S/C21H26ClNO3/c1-3-5-16-10-13-18(14-8-11-17(22)12-9-14)23(20(16)24)19(15-6-7-15)21(25)26-4-2/h3,8-9,11-12,15-16,18-19H,1,4-7,10,13H2,2H3/t16-,18-,19?/m0/s1. The molecular weight excluding hydrogens is 350 g/mol. The van der Waals surface area contributed by atoms with Crippen LogP contribution in [-0.4, -0.2) is 29.4 Å². The van der Waals surface area contributed by atoms with Gasteiger partial charge in [-0.05, 0) is 62.6 Å². The number of likely N-dealkylation sites (tertiary alicyclic amines) is 1. The van der Waals surface area contributed by atoms with Crippen LogP contribution >= 0.6 is 11.6 Å². The van der Waals surface area contributed by atoms with Crippen LogP contribution in [0, 0.1) is 11.8 Å². The first-order chi connectivity index (χ1) is 12.6. The number of carbonyl (C=O) groups is 2. The van der Waals surface area contributed by atoms with Crippen LogP contribution in [0.15, 0.2) is 36.9 Å². The Morgan fingerprint density at radius 3 is 2.58 bits per heavy atom. The summed E-state index contributed by atoms with van der Waals surface area (Å²) in [4.78, 5) is 27.8. The average molecular weight is 376 g/mol. The molecule has 3 atom stereocenters. The van der Waals surface area contributed by atoms with Gasteiger partial charge in [-0.2, -0.15) is 0 Å². The van der Waals surface area contributed by atoms with Crippen LogP contribution in [0.3, 0.4) is 0 Å². The van der Waals surface area contributed by atoms with Crippen molar-refractivity contribution >= 4 is 23.5 Å². The largest absolute Gasteiger partial charge is 0.464 e. The molecule has 1 heterocycles. The van der Waals surface area contributed by atoms with Crippen molar-refractivity contribution in [1.82, 2.24) is 4.90 Å². The number of halogens is 1. The molecule has 1 saturated carbocycles. The summed E-state index contributed by atoms with van der Waals surface area (Å²) in [6.45, 7) is 5.91. The average Bonchev–Trinajstić information content (AvgIpc) is 3.45. The third kappa shape index (κ3) is 3.96. The van der Waals surface area contributed by atoms with Gasteiger partial charge in [-0.25, -0.2) is 4.79 Å². The number of rotatable bonds is 7. The van der Waals surface area contributed by atoms with Crippen LogP contribution in [0.4, 0.5) is 0 Å². The zero-order chi connectivity index (χ0) is 18.7. The number of piperidine rings is 1. The number of hydrogen-bond acceptors (Lipinski definition) is 3. The van der Waals surface area contributed by atoms with Crippen molar-refractivity contribution in [3.8, 4) is 0 Å². The van der Waals surface area contributed by atoms with Crippen LogP contribution < -0.4 is 0 Å². The van der Waals surface area contributed by atoms with Crippen molar-refractivity contribution in [3.05, 3.63) is 47.5 Å². The second-order valence-corrected chi connectivity index (χ2v) is 7.58. The van der Waals surface area contributed by atoms with Gasteiger partial charge < -0.3 is 9.64 Å². The predicted molar refractivity (Wildman–Crippen MR) is 102 cm³/mol. The van der Waals surface area contributed by atoms with Gasteiger partial charge in [0.05, 0.1) is 12.6 Å². The van der Waals surface area contributed by atoms with E-state index in [9.17, 15) is 9.59 Å². The number of benzene rings is 1. The van der Waals surface area contributed by atoms with E-state index in [0.29, 0.717) is 18.1 Å². The van der Waals surface area contributed by atoms with Crippen LogP contribution in [0.5, 0.6) is 0 Å². The summed E-state index contributed by atoms with van der Waals surface area (Å²) in [5.41, 5.74) is 1.02. The lowest BCUT2D eigenvalue weighted by Gasteiger charge is -2.43. The normalized spacial score (nSPS) is 24.2. The van der Waals surface area contributed by atoms with E-state index < -0.39 is 6.04 Å². The summed E-state index contributed by atoms with van der Waals surface area (Å²) in [6, 6.07) is 6.98. The second kappa shape index (κ2) is 8.26. The van der Waals surface area contributed by atoms with Crippen LogP contribution in [-0.2, 0) is 14.3 Å². The molecule has 0 bridgehead atoms. The molecule has 1 aromatic carbocycles. The number of hydrogen-bond donors (Lipinski definition) is 0. The molecule has 0 N–H and O–H groups in total. The second-order valence-electron chi connectivity index (χ2n) is 7.15. The highest BCUT2D eigenvalue weighted by Gasteiger charge is 2.48. The minimum absolute atomic E-state index is 0.0426. The Morgan fingerprint density at radius 1 is 1.31 bits per heavy atom. The van der Waals surface area contributed by atoms with E-state index in [1.807, 2.05) is 29.2 Å². The quantitative estimate of drug-likeness (QED) is 0.519. The summed E-state index contributed by atoms with van der Waals surface area (Å²) in [5, 5.41) is 0.663. The molecule has 2 fully saturated rings. The van der Waals surface area contributed by atoms with Gasteiger partial charge >= 0.3 is 5.97 Å². The van der Waals surface area contributed by atoms with E-state index in [1.165, 1.54) is 0 Å². The van der Waals surface area contributed by atoms with Crippen molar-refractivity contribution in [1.29, 1.82) is 0 Å². The fraction of sp³-hybridized carbons (Fsp3) is 0.524. The highest BCUT2D eigenvalue weighted by Crippen LogP contribution is 2.44. The van der Waals surface area contributed by atoms with Gasteiger partial charge in [0.2, 0.25) is 5.91 Å². The predicted octanol–water partition coefficient (Wildman–Crippen LogP) is 4.54. The molecule has 0 aromatic heterocycles. The fourth-order valence-electron chi connectivity index (χ4n) is 3.92. The van der Waals surface area contributed by atoms with Crippen molar-refractivity contribution < 1.29 is 14.3 Å². The van der Waals surface area contributed by atoms with E-state index in [4.69, 9.17) is 16.3 Å². The lowest BCUT2D eigenvalue weighted by Crippen LogP contribution is -2.53. The van der Waals surface area contributed by atoms with Crippen molar-refractivity contribution in [2.24, 2.45) is 11.8 Å². The Hall–Kier alpha value is -1.81. The van der Waals surface area contributed by atoms with E-state index in [1.54, 1.807) is 13.0 Å². The molecule has 2 aliphatic rings. The topological polar surface area (TPSA) is 46.6 Å². The SMILES string of the molecule is C=CC[C@H]1CC[C@@H](c2ccc(Cl)cc2)N(C(C(=O)OCC)C2CC2)C1=O. The van der Waals surface area contributed by atoms with E-state index in [0.717, 1.165) is 31.2 Å². The number of ether oxygens (including phenoxy) is 1. The molecular formula is C21H26ClNO3. The maximum Gasteiger partial charge on any atom is 0.329 e. The number of amides is 1.